The van der Waals surface area contributed by atoms with Crippen molar-refractivity contribution in [1.82, 2.24) is 0 Å². The first-order valence-corrected chi connectivity index (χ1v) is 9.80. The minimum absolute atomic E-state index is 0.214. The largest absolute Gasteiger partial charge is 0.495 e. The molecular formula is C22H19N3O4S. The third kappa shape index (κ3) is 4.77. The lowest BCUT2D eigenvalue weighted by Crippen LogP contribution is -2.20. The molecule has 3 rings (SSSR count). The van der Waals surface area contributed by atoms with Crippen LogP contribution in [0, 0.1) is 18.3 Å². The second-order valence-electron chi connectivity index (χ2n) is 6.18. The smallest absolute Gasteiger partial charge is 0.266 e. The quantitative estimate of drug-likeness (QED) is 0.595. The average Bonchev–Trinajstić information content (AvgIpc) is 3.08. The Morgan fingerprint density at radius 2 is 1.77 bits per heavy atom. The van der Waals surface area contributed by atoms with Crippen LogP contribution in [0.1, 0.15) is 20.8 Å². The highest BCUT2D eigenvalue weighted by Crippen LogP contribution is 2.34. The molecule has 0 radical (unpaired) electrons. The maximum Gasteiger partial charge on any atom is 0.266 e. The summed E-state index contributed by atoms with van der Waals surface area (Å²) in [5, 5.41) is 15.3. The van der Waals surface area contributed by atoms with Gasteiger partial charge < -0.3 is 20.1 Å². The molecule has 0 fully saturated rings. The van der Waals surface area contributed by atoms with Crippen molar-refractivity contribution in [2.45, 2.75) is 6.92 Å². The molecule has 2 aromatic carbocycles. The Hall–Kier alpha value is -3.83. The van der Waals surface area contributed by atoms with Gasteiger partial charge in [-0.15, -0.1) is 11.3 Å². The molecule has 0 unspecified atom stereocenters. The molecule has 1 aromatic heterocycles. The van der Waals surface area contributed by atoms with E-state index >= 15 is 0 Å². The number of ether oxygens (including phenoxy) is 2. The van der Waals surface area contributed by atoms with Gasteiger partial charge in [0.15, 0.2) is 6.61 Å². The highest BCUT2D eigenvalue weighted by molar-refractivity contribution is 7.18. The normalized spacial score (nSPS) is 10.0. The number of rotatable bonds is 7. The van der Waals surface area contributed by atoms with Crippen molar-refractivity contribution in [3.05, 3.63) is 70.6 Å². The zero-order valence-corrected chi connectivity index (χ0v) is 17.2. The van der Waals surface area contributed by atoms with Gasteiger partial charge in [-0.05, 0) is 36.8 Å². The molecule has 0 saturated carbocycles. The fourth-order valence-electron chi connectivity index (χ4n) is 2.71. The summed E-state index contributed by atoms with van der Waals surface area (Å²) in [6, 6.07) is 18.0. The number of anilines is 2. The van der Waals surface area contributed by atoms with E-state index in [1.807, 2.05) is 6.07 Å². The zero-order chi connectivity index (χ0) is 21.5. The SMILES string of the molecule is COc1ccccc1NC(=O)c1sc(NC(=O)COc2ccccc2)c(C#N)c1C. The molecule has 1 heterocycles. The molecule has 0 spiro atoms. The molecule has 8 heteroatoms. The number of hydrogen-bond acceptors (Lipinski definition) is 6. The van der Waals surface area contributed by atoms with Crippen LogP contribution in [-0.2, 0) is 4.79 Å². The molecule has 0 aliphatic rings. The topological polar surface area (TPSA) is 100 Å². The highest BCUT2D eigenvalue weighted by Gasteiger charge is 2.22. The van der Waals surface area contributed by atoms with Gasteiger partial charge in [-0.1, -0.05) is 30.3 Å². The van der Waals surface area contributed by atoms with E-state index in [0.29, 0.717) is 32.6 Å². The van der Waals surface area contributed by atoms with E-state index in [-0.39, 0.29) is 18.1 Å². The predicted octanol–water partition coefficient (Wildman–Crippen LogP) is 4.21. The van der Waals surface area contributed by atoms with Gasteiger partial charge in [-0.2, -0.15) is 5.26 Å². The molecule has 0 bridgehead atoms. The lowest BCUT2D eigenvalue weighted by atomic mass is 10.1. The third-order valence-electron chi connectivity index (χ3n) is 4.19. The van der Waals surface area contributed by atoms with Crippen molar-refractivity contribution < 1.29 is 19.1 Å². The van der Waals surface area contributed by atoms with Crippen LogP contribution < -0.4 is 20.1 Å². The fourth-order valence-corrected chi connectivity index (χ4v) is 3.78. The predicted molar refractivity (Wildman–Crippen MR) is 115 cm³/mol. The highest BCUT2D eigenvalue weighted by atomic mass is 32.1. The van der Waals surface area contributed by atoms with Crippen LogP contribution in [-0.4, -0.2) is 25.5 Å². The first-order chi connectivity index (χ1) is 14.5. The zero-order valence-electron chi connectivity index (χ0n) is 16.4. The van der Waals surface area contributed by atoms with Crippen molar-refractivity contribution in [2.24, 2.45) is 0 Å². The number of nitrogens with one attached hydrogen (secondary N) is 2. The van der Waals surface area contributed by atoms with Crippen molar-refractivity contribution in [3.8, 4) is 17.6 Å². The molecule has 0 aliphatic heterocycles. The van der Waals surface area contributed by atoms with E-state index in [9.17, 15) is 14.9 Å². The number of benzene rings is 2. The fraction of sp³-hybridized carbons (Fsp3) is 0.136. The van der Waals surface area contributed by atoms with Gasteiger partial charge in [-0.25, -0.2) is 0 Å². The van der Waals surface area contributed by atoms with Crippen LogP contribution in [0.2, 0.25) is 0 Å². The lowest BCUT2D eigenvalue weighted by molar-refractivity contribution is -0.118. The minimum atomic E-state index is -0.423. The first-order valence-electron chi connectivity index (χ1n) is 8.99. The molecule has 7 nitrogen and oxygen atoms in total. The van der Waals surface area contributed by atoms with Gasteiger partial charge in [0.05, 0.1) is 23.2 Å². The Bertz CT molecular complexity index is 1100. The third-order valence-corrected chi connectivity index (χ3v) is 5.39. The van der Waals surface area contributed by atoms with E-state index < -0.39 is 5.91 Å². The van der Waals surface area contributed by atoms with Gasteiger partial charge in [-0.3, -0.25) is 9.59 Å². The van der Waals surface area contributed by atoms with Crippen LogP contribution in [0.25, 0.3) is 0 Å². The standard InChI is InChI=1S/C22H19N3O4S/c1-14-16(12-23)22(25-19(26)13-29-15-8-4-3-5-9-15)30-20(14)21(27)24-17-10-6-7-11-18(17)28-2/h3-11H,13H2,1-2H3,(H,24,27)(H,25,26). The Morgan fingerprint density at radius 3 is 2.47 bits per heavy atom. The summed E-state index contributed by atoms with van der Waals surface area (Å²) in [4.78, 5) is 25.4. The number of carbonyl (C=O) groups is 2. The van der Waals surface area contributed by atoms with E-state index in [4.69, 9.17) is 9.47 Å². The number of para-hydroxylation sites is 3. The Labute approximate surface area is 177 Å². The molecule has 3 aromatic rings. The summed E-state index contributed by atoms with van der Waals surface area (Å²) in [5.74, 6) is 0.271. The number of thiophene rings is 1. The van der Waals surface area contributed by atoms with Crippen LogP contribution in [0.3, 0.4) is 0 Å². The number of nitriles is 1. The summed E-state index contributed by atoms with van der Waals surface area (Å²) < 4.78 is 10.7. The average molecular weight is 421 g/mol. The van der Waals surface area contributed by atoms with Gasteiger partial charge >= 0.3 is 0 Å². The maximum absolute atomic E-state index is 12.8. The van der Waals surface area contributed by atoms with Crippen molar-refractivity contribution in [1.29, 1.82) is 5.26 Å². The molecule has 2 amide bonds. The van der Waals surface area contributed by atoms with Crippen molar-refractivity contribution >= 4 is 33.8 Å². The number of carbonyl (C=O) groups excluding carboxylic acids is 2. The maximum atomic E-state index is 12.8. The van der Waals surface area contributed by atoms with Gasteiger partial charge in [0.2, 0.25) is 0 Å². The van der Waals surface area contributed by atoms with Crippen LogP contribution in [0.4, 0.5) is 10.7 Å². The molecule has 0 atom stereocenters. The molecule has 0 aliphatic carbocycles. The van der Waals surface area contributed by atoms with Gasteiger partial charge in [0, 0.05) is 0 Å². The second-order valence-corrected chi connectivity index (χ2v) is 7.20. The van der Waals surface area contributed by atoms with Crippen LogP contribution in [0.15, 0.2) is 54.6 Å². The molecule has 0 saturated heterocycles. The van der Waals surface area contributed by atoms with Crippen molar-refractivity contribution in [2.75, 3.05) is 24.4 Å². The van der Waals surface area contributed by atoms with E-state index in [1.54, 1.807) is 55.5 Å². The molecule has 2 N–H and O–H groups in total. The van der Waals surface area contributed by atoms with E-state index in [0.717, 1.165) is 11.3 Å². The van der Waals surface area contributed by atoms with Gasteiger partial charge in [0.25, 0.3) is 11.8 Å². The van der Waals surface area contributed by atoms with Crippen molar-refractivity contribution in [3.63, 3.8) is 0 Å². The van der Waals surface area contributed by atoms with Crippen LogP contribution in [0.5, 0.6) is 11.5 Å². The Kier molecular flexibility index (Phi) is 6.67. The summed E-state index contributed by atoms with van der Waals surface area (Å²) in [7, 11) is 1.51. The molecular weight excluding hydrogens is 402 g/mol. The number of hydrogen-bond donors (Lipinski definition) is 2. The minimum Gasteiger partial charge on any atom is -0.495 e. The summed E-state index contributed by atoms with van der Waals surface area (Å²) in [5.41, 5.74) is 1.26. The van der Waals surface area contributed by atoms with Crippen LogP contribution >= 0.6 is 11.3 Å². The number of amides is 2. The van der Waals surface area contributed by atoms with Gasteiger partial charge in [0.1, 0.15) is 22.6 Å². The second kappa shape index (κ2) is 9.58. The summed E-state index contributed by atoms with van der Waals surface area (Å²) >= 11 is 1.04. The van der Waals surface area contributed by atoms with E-state index in [1.165, 1.54) is 7.11 Å². The van der Waals surface area contributed by atoms with E-state index in [2.05, 4.69) is 16.7 Å². The number of nitrogens with zero attached hydrogens (tertiary/aromatic N) is 1. The Balaban J connectivity index is 1.74. The molecule has 152 valence electrons. The first kappa shape index (κ1) is 20.9. The Morgan fingerprint density at radius 1 is 1.07 bits per heavy atom. The number of methoxy groups -OCH3 is 1. The molecule has 30 heavy (non-hydrogen) atoms. The summed E-state index contributed by atoms with van der Waals surface area (Å²) in [6.07, 6.45) is 0. The summed E-state index contributed by atoms with van der Waals surface area (Å²) in [6.45, 7) is 1.46. The monoisotopic (exact) mass is 421 g/mol. The lowest BCUT2D eigenvalue weighted by Gasteiger charge is -2.09.